The van der Waals surface area contributed by atoms with E-state index in [4.69, 9.17) is 20.8 Å². The summed E-state index contributed by atoms with van der Waals surface area (Å²) >= 11 is 5.97. The summed E-state index contributed by atoms with van der Waals surface area (Å²) in [5, 5.41) is 12.6. The van der Waals surface area contributed by atoms with Gasteiger partial charge in [-0.15, -0.1) is 5.10 Å². The highest BCUT2D eigenvalue weighted by atomic mass is 35.5. The van der Waals surface area contributed by atoms with Gasteiger partial charge in [-0.05, 0) is 48.8 Å². The lowest BCUT2D eigenvalue weighted by Gasteiger charge is -2.36. The molecule has 2 unspecified atom stereocenters. The van der Waals surface area contributed by atoms with Crippen LogP contribution in [0.1, 0.15) is 24.6 Å². The molecule has 1 saturated carbocycles. The van der Waals surface area contributed by atoms with Crippen LogP contribution in [0.2, 0.25) is 5.02 Å². The van der Waals surface area contributed by atoms with Crippen molar-refractivity contribution in [2.45, 2.75) is 38.9 Å². The number of ether oxygens (including phenoxy) is 1. The Kier molecular flexibility index (Phi) is 5.67. The molecule has 2 fully saturated rings. The number of nitrogens with zero attached hydrogens (tertiary/aromatic N) is 6. The first-order valence-corrected chi connectivity index (χ1v) is 11.1. The van der Waals surface area contributed by atoms with Crippen molar-refractivity contribution in [2.24, 2.45) is 17.8 Å². The van der Waals surface area contributed by atoms with E-state index in [2.05, 4.69) is 25.2 Å². The van der Waals surface area contributed by atoms with Gasteiger partial charge in [0.25, 0.3) is 0 Å². The van der Waals surface area contributed by atoms with E-state index < -0.39 is 12.7 Å². The molecule has 0 spiro atoms. The minimum Gasteiger partial charge on any atom is -0.424 e. The average Bonchev–Trinajstić information content (AvgIpc) is 3.37. The monoisotopic (exact) mass is 482 g/mol. The van der Waals surface area contributed by atoms with E-state index in [1.165, 1.54) is 6.07 Å². The van der Waals surface area contributed by atoms with Gasteiger partial charge in [0.1, 0.15) is 12.3 Å². The number of rotatable bonds is 6. The van der Waals surface area contributed by atoms with Crippen LogP contribution >= 0.6 is 11.6 Å². The van der Waals surface area contributed by atoms with Crippen molar-refractivity contribution in [3.63, 3.8) is 0 Å². The molecule has 5 rings (SSSR count). The summed E-state index contributed by atoms with van der Waals surface area (Å²) in [5.74, 6) is 2.14. The van der Waals surface area contributed by atoms with Crippen LogP contribution in [-0.4, -0.2) is 44.2 Å². The lowest BCUT2D eigenvalue weighted by Crippen LogP contribution is -2.43. The largest absolute Gasteiger partial charge is 0.424 e. The van der Waals surface area contributed by atoms with Crippen LogP contribution in [0.25, 0.3) is 0 Å². The molecule has 12 heteroatoms. The average molecular weight is 483 g/mol. The second-order valence-electron chi connectivity index (χ2n) is 8.62. The zero-order valence-electron chi connectivity index (χ0n) is 17.8. The Balaban J connectivity index is 1.34. The van der Waals surface area contributed by atoms with Crippen LogP contribution in [0.3, 0.4) is 0 Å². The topological polar surface area (TPSA) is 82.1 Å². The van der Waals surface area contributed by atoms with Crippen molar-refractivity contribution in [2.75, 3.05) is 18.0 Å². The summed E-state index contributed by atoms with van der Waals surface area (Å²) in [7, 11) is 0. The number of aryl methyl sites for hydroxylation is 1. The third-order valence-electron chi connectivity index (χ3n) is 6.25. The van der Waals surface area contributed by atoms with Gasteiger partial charge in [0.05, 0.1) is 0 Å². The summed E-state index contributed by atoms with van der Waals surface area (Å²) < 4.78 is 51.4. The molecule has 2 aromatic heterocycles. The Morgan fingerprint density at radius 3 is 2.58 bits per heavy atom. The molecule has 1 aliphatic heterocycles. The van der Waals surface area contributed by atoms with E-state index in [1.54, 1.807) is 25.1 Å². The van der Waals surface area contributed by atoms with Crippen LogP contribution in [0, 0.1) is 24.7 Å². The van der Waals surface area contributed by atoms with Crippen LogP contribution < -0.4 is 9.64 Å². The number of benzene rings is 1. The third-order valence-corrected chi connectivity index (χ3v) is 6.48. The normalized spacial score (nSPS) is 22.7. The predicted molar refractivity (Wildman–Crippen MR) is 112 cm³/mol. The molecule has 0 N–H and O–H groups in total. The molecule has 2 aliphatic rings. The fourth-order valence-corrected chi connectivity index (χ4v) is 5.07. The van der Waals surface area contributed by atoms with E-state index in [-0.39, 0.29) is 11.9 Å². The zero-order chi connectivity index (χ0) is 23.2. The Hall–Kier alpha value is -2.82. The van der Waals surface area contributed by atoms with Crippen LogP contribution in [0.4, 0.5) is 19.2 Å². The van der Waals surface area contributed by atoms with Crippen molar-refractivity contribution in [1.82, 2.24) is 25.0 Å². The van der Waals surface area contributed by atoms with Gasteiger partial charge < -0.3 is 14.1 Å². The van der Waals surface area contributed by atoms with Crippen LogP contribution in [0.5, 0.6) is 11.8 Å². The van der Waals surface area contributed by atoms with E-state index in [0.29, 0.717) is 46.8 Å². The molecule has 33 heavy (non-hydrogen) atoms. The highest BCUT2D eigenvalue weighted by molar-refractivity contribution is 6.30. The maximum absolute atomic E-state index is 13.1. The summed E-state index contributed by atoms with van der Waals surface area (Å²) in [4.78, 5) is 6.42. The van der Waals surface area contributed by atoms with Gasteiger partial charge in [-0.1, -0.05) is 22.8 Å². The van der Waals surface area contributed by atoms with Crippen molar-refractivity contribution in [3.8, 4) is 11.8 Å². The van der Waals surface area contributed by atoms with Gasteiger partial charge in [-0.3, -0.25) is 0 Å². The summed E-state index contributed by atoms with van der Waals surface area (Å²) in [6, 6.07) is 6.75. The smallest absolute Gasteiger partial charge is 0.408 e. The van der Waals surface area contributed by atoms with Gasteiger partial charge in [0.15, 0.2) is 5.82 Å². The lowest BCUT2D eigenvalue weighted by atomic mass is 9.82. The molecule has 3 heterocycles. The first kappa shape index (κ1) is 22.0. The molecule has 0 amide bonds. The number of halogens is 4. The van der Waals surface area contributed by atoms with Crippen molar-refractivity contribution in [1.29, 1.82) is 0 Å². The molecular formula is C21H22ClF3N6O2. The Morgan fingerprint density at radius 2 is 1.94 bits per heavy atom. The molecule has 1 saturated heterocycles. The van der Waals surface area contributed by atoms with Crippen molar-refractivity contribution < 1.29 is 22.3 Å². The molecule has 3 aromatic rings. The summed E-state index contributed by atoms with van der Waals surface area (Å²) in [6.45, 7) is 2.00. The van der Waals surface area contributed by atoms with Gasteiger partial charge in [0.2, 0.25) is 5.89 Å². The number of anilines is 1. The van der Waals surface area contributed by atoms with E-state index in [0.717, 1.165) is 30.6 Å². The minimum absolute atomic E-state index is 0.198. The zero-order valence-corrected chi connectivity index (χ0v) is 18.6. The Morgan fingerprint density at radius 1 is 1.18 bits per heavy atom. The Bertz CT molecular complexity index is 1120. The fraction of sp³-hybridized carbons (Fsp3) is 0.524. The number of hydrogen-bond donors (Lipinski definition) is 0. The molecule has 1 aromatic carbocycles. The minimum atomic E-state index is -4.45. The lowest BCUT2D eigenvalue weighted by molar-refractivity contribution is -0.143. The van der Waals surface area contributed by atoms with Crippen molar-refractivity contribution >= 4 is 17.6 Å². The van der Waals surface area contributed by atoms with E-state index in [1.807, 2.05) is 0 Å². The fourth-order valence-electron chi connectivity index (χ4n) is 4.89. The number of piperidine rings is 1. The van der Waals surface area contributed by atoms with Gasteiger partial charge in [-0.2, -0.15) is 23.3 Å². The quantitative estimate of drug-likeness (QED) is 0.504. The molecule has 2 bridgehead atoms. The number of alkyl halides is 3. The standard InChI is InChI=1S/C21H22ClF3N6O2/c1-12-27-28-20(32-12)30-9-13-5-6-14(10-30)17(13)8-18-26-19(31(29-18)11-21(23,24)25)33-16-4-2-3-15(22)7-16/h2-4,7,13-14,17H,5-6,8-11H2,1H3. The molecule has 2 atom stereocenters. The molecule has 8 nitrogen and oxygen atoms in total. The number of hydrogen-bond acceptors (Lipinski definition) is 7. The maximum atomic E-state index is 13.1. The molecule has 176 valence electrons. The SMILES string of the molecule is Cc1nnc(N2CC3CCC(C2)C3Cc2nc(Oc3cccc(Cl)c3)n(CC(F)(F)F)n2)o1. The Labute approximate surface area is 192 Å². The first-order valence-electron chi connectivity index (χ1n) is 10.7. The van der Waals surface area contributed by atoms with Gasteiger partial charge in [-0.25, -0.2) is 4.68 Å². The third kappa shape index (κ3) is 4.92. The van der Waals surface area contributed by atoms with Gasteiger partial charge >= 0.3 is 18.2 Å². The van der Waals surface area contributed by atoms with E-state index >= 15 is 0 Å². The second kappa shape index (κ2) is 8.51. The van der Waals surface area contributed by atoms with E-state index in [9.17, 15) is 13.2 Å². The summed E-state index contributed by atoms with van der Waals surface area (Å²) in [6.07, 6.45) is -1.89. The number of aromatic nitrogens is 5. The maximum Gasteiger partial charge on any atom is 0.408 e. The first-order chi connectivity index (χ1) is 15.7. The van der Waals surface area contributed by atoms with Crippen LogP contribution in [-0.2, 0) is 13.0 Å². The molecular weight excluding hydrogens is 461 g/mol. The second-order valence-corrected chi connectivity index (χ2v) is 9.05. The van der Waals surface area contributed by atoms with Crippen LogP contribution in [0.15, 0.2) is 28.7 Å². The van der Waals surface area contributed by atoms with Crippen molar-refractivity contribution in [3.05, 3.63) is 41.0 Å². The predicted octanol–water partition coefficient (Wildman–Crippen LogP) is 4.68. The molecule has 0 radical (unpaired) electrons. The summed E-state index contributed by atoms with van der Waals surface area (Å²) in [5.41, 5.74) is 0. The highest BCUT2D eigenvalue weighted by Crippen LogP contribution is 2.44. The highest BCUT2D eigenvalue weighted by Gasteiger charge is 2.44. The number of fused-ring (bicyclic) bond motifs is 2. The molecule has 1 aliphatic carbocycles. The van der Waals surface area contributed by atoms with Gasteiger partial charge in [0, 0.05) is 31.5 Å².